The summed E-state index contributed by atoms with van der Waals surface area (Å²) in [6, 6.07) is 12.2. The summed E-state index contributed by atoms with van der Waals surface area (Å²) in [5, 5.41) is 4.01. The van der Waals surface area contributed by atoms with Crippen LogP contribution in [0, 0.1) is 6.92 Å². The molecule has 20 heavy (non-hydrogen) atoms. The minimum Gasteiger partial charge on any atom is -0.495 e. The van der Waals surface area contributed by atoms with Crippen LogP contribution in [-0.4, -0.2) is 14.2 Å². The van der Waals surface area contributed by atoms with E-state index in [1.165, 1.54) is 11.1 Å². The van der Waals surface area contributed by atoms with Crippen molar-refractivity contribution in [3.63, 3.8) is 0 Å². The molecule has 0 aliphatic heterocycles. The zero-order chi connectivity index (χ0) is 14.7. The van der Waals surface area contributed by atoms with Crippen molar-refractivity contribution in [3.8, 4) is 5.75 Å². The highest BCUT2D eigenvalue weighted by Crippen LogP contribution is 2.38. The Morgan fingerprint density at radius 2 is 2.00 bits per heavy atom. The first kappa shape index (κ1) is 15.4. The summed E-state index contributed by atoms with van der Waals surface area (Å²) < 4.78 is 6.38. The summed E-state index contributed by atoms with van der Waals surface area (Å²) in [6.45, 7) is 2.08. The average Bonchev–Trinajstić information content (AvgIpc) is 2.39. The molecule has 0 saturated carbocycles. The van der Waals surface area contributed by atoms with Gasteiger partial charge in [0.1, 0.15) is 5.75 Å². The van der Waals surface area contributed by atoms with Crippen molar-refractivity contribution in [1.29, 1.82) is 0 Å². The van der Waals surface area contributed by atoms with Gasteiger partial charge in [-0.1, -0.05) is 41.4 Å². The van der Waals surface area contributed by atoms with Gasteiger partial charge in [-0.2, -0.15) is 0 Å². The summed E-state index contributed by atoms with van der Waals surface area (Å²) >= 11 is 9.69. The summed E-state index contributed by atoms with van der Waals surface area (Å²) in [5.41, 5.74) is 3.42. The summed E-state index contributed by atoms with van der Waals surface area (Å²) in [6.07, 6.45) is 0. The van der Waals surface area contributed by atoms with Crippen molar-refractivity contribution in [3.05, 3.63) is 62.6 Å². The van der Waals surface area contributed by atoms with Crippen LogP contribution >= 0.6 is 27.5 Å². The molecule has 0 radical (unpaired) electrons. The second kappa shape index (κ2) is 6.61. The van der Waals surface area contributed by atoms with Crippen molar-refractivity contribution >= 4 is 27.5 Å². The molecule has 0 aliphatic carbocycles. The molecule has 0 fully saturated rings. The zero-order valence-electron chi connectivity index (χ0n) is 11.7. The van der Waals surface area contributed by atoms with Gasteiger partial charge in [0, 0.05) is 10.6 Å². The second-order valence-electron chi connectivity index (χ2n) is 4.65. The van der Waals surface area contributed by atoms with Gasteiger partial charge in [0.05, 0.1) is 17.6 Å². The summed E-state index contributed by atoms with van der Waals surface area (Å²) in [5.74, 6) is 0.801. The average molecular weight is 355 g/mol. The third-order valence-corrected chi connectivity index (χ3v) is 4.02. The molecule has 1 N–H and O–H groups in total. The zero-order valence-corrected chi connectivity index (χ0v) is 14.0. The number of methoxy groups -OCH3 is 1. The Labute approximate surface area is 133 Å². The number of hydrogen-bond acceptors (Lipinski definition) is 2. The van der Waals surface area contributed by atoms with Gasteiger partial charge in [0.2, 0.25) is 0 Å². The van der Waals surface area contributed by atoms with Gasteiger partial charge < -0.3 is 10.1 Å². The van der Waals surface area contributed by atoms with E-state index in [0.29, 0.717) is 5.02 Å². The van der Waals surface area contributed by atoms with E-state index in [4.69, 9.17) is 16.3 Å². The van der Waals surface area contributed by atoms with Crippen LogP contribution in [0.3, 0.4) is 0 Å². The topological polar surface area (TPSA) is 21.3 Å². The maximum Gasteiger partial charge on any atom is 0.138 e. The number of halogens is 2. The van der Waals surface area contributed by atoms with Gasteiger partial charge in [-0.3, -0.25) is 0 Å². The van der Waals surface area contributed by atoms with E-state index in [0.717, 1.165) is 15.8 Å². The molecule has 4 heteroatoms. The molecular formula is C16H17BrClNO. The normalized spacial score (nSPS) is 12.2. The van der Waals surface area contributed by atoms with E-state index in [1.54, 1.807) is 7.11 Å². The SMILES string of the molecule is CNC(c1cccc(C)c1)c1cc(Cl)cc(Br)c1OC. The molecular weight excluding hydrogens is 338 g/mol. The molecule has 2 nitrogen and oxygen atoms in total. The van der Waals surface area contributed by atoms with E-state index in [9.17, 15) is 0 Å². The number of ether oxygens (including phenoxy) is 1. The van der Waals surface area contributed by atoms with E-state index >= 15 is 0 Å². The van der Waals surface area contributed by atoms with Gasteiger partial charge >= 0.3 is 0 Å². The first-order valence-corrected chi connectivity index (χ1v) is 7.50. The lowest BCUT2D eigenvalue weighted by Gasteiger charge is -2.21. The molecule has 2 rings (SSSR count). The molecule has 0 heterocycles. The maximum absolute atomic E-state index is 6.19. The lowest BCUT2D eigenvalue weighted by atomic mass is 9.96. The van der Waals surface area contributed by atoms with Gasteiger partial charge in [-0.15, -0.1) is 0 Å². The molecule has 0 bridgehead atoms. The number of aryl methyl sites for hydroxylation is 1. The predicted molar refractivity (Wildman–Crippen MR) is 87.8 cm³/mol. The Morgan fingerprint density at radius 1 is 1.25 bits per heavy atom. The molecule has 0 saturated heterocycles. The van der Waals surface area contributed by atoms with Crippen molar-refractivity contribution in [2.75, 3.05) is 14.2 Å². The van der Waals surface area contributed by atoms with E-state index < -0.39 is 0 Å². The third kappa shape index (κ3) is 3.17. The fourth-order valence-electron chi connectivity index (χ4n) is 2.36. The lowest BCUT2D eigenvalue weighted by molar-refractivity contribution is 0.402. The number of benzene rings is 2. The highest BCUT2D eigenvalue weighted by atomic mass is 79.9. The van der Waals surface area contributed by atoms with Crippen LogP contribution in [0.4, 0.5) is 0 Å². The molecule has 106 valence electrons. The van der Waals surface area contributed by atoms with Crippen LogP contribution in [0.5, 0.6) is 5.75 Å². The molecule has 0 aromatic heterocycles. The van der Waals surface area contributed by atoms with Gasteiger partial charge in [-0.25, -0.2) is 0 Å². The second-order valence-corrected chi connectivity index (χ2v) is 5.94. The predicted octanol–water partition coefficient (Wildman–Crippen LogP) is 4.73. The Hall–Kier alpha value is -1.03. The lowest BCUT2D eigenvalue weighted by Crippen LogP contribution is -2.18. The minimum atomic E-state index is 0.0276. The van der Waals surface area contributed by atoms with Crippen molar-refractivity contribution < 1.29 is 4.74 Å². The van der Waals surface area contributed by atoms with Crippen LogP contribution < -0.4 is 10.1 Å². The van der Waals surface area contributed by atoms with E-state index in [-0.39, 0.29) is 6.04 Å². The fourth-order valence-corrected chi connectivity index (χ4v) is 3.36. The van der Waals surface area contributed by atoms with Crippen molar-refractivity contribution in [1.82, 2.24) is 5.32 Å². The van der Waals surface area contributed by atoms with Crippen LogP contribution in [-0.2, 0) is 0 Å². The Kier molecular flexibility index (Phi) is 5.08. The molecule has 2 aromatic carbocycles. The summed E-state index contributed by atoms with van der Waals surface area (Å²) in [4.78, 5) is 0. The molecule has 0 spiro atoms. The monoisotopic (exact) mass is 353 g/mol. The molecule has 1 unspecified atom stereocenters. The van der Waals surface area contributed by atoms with Crippen LogP contribution in [0.2, 0.25) is 5.02 Å². The van der Waals surface area contributed by atoms with Crippen LogP contribution in [0.25, 0.3) is 0 Å². The Balaban J connectivity index is 2.57. The van der Waals surface area contributed by atoms with Crippen LogP contribution in [0.15, 0.2) is 40.9 Å². The first-order chi connectivity index (χ1) is 9.56. The van der Waals surface area contributed by atoms with Gasteiger partial charge in [-0.05, 0) is 47.6 Å². The fraction of sp³-hybridized carbons (Fsp3) is 0.250. The molecule has 0 aliphatic rings. The maximum atomic E-state index is 6.19. The number of rotatable bonds is 4. The largest absolute Gasteiger partial charge is 0.495 e. The highest BCUT2D eigenvalue weighted by Gasteiger charge is 2.19. The smallest absolute Gasteiger partial charge is 0.138 e. The quantitative estimate of drug-likeness (QED) is 0.857. The third-order valence-electron chi connectivity index (χ3n) is 3.22. The standard InChI is InChI=1S/C16H17BrClNO/c1-10-5-4-6-11(7-10)15(19-2)13-8-12(18)9-14(17)16(13)20-3/h4-9,15,19H,1-3H3. The summed E-state index contributed by atoms with van der Waals surface area (Å²) in [7, 11) is 3.60. The Bertz CT molecular complexity index is 615. The molecule has 1 atom stereocenters. The first-order valence-electron chi connectivity index (χ1n) is 6.33. The van der Waals surface area contributed by atoms with Gasteiger partial charge in [0.25, 0.3) is 0 Å². The number of hydrogen-bond donors (Lipinski definition) is 1. The highest BCUT2D eigenvalue weighted by molar-refractivity contribution is 9.10. The van der Waals surface area contributed by atoms with Gasteiger partial charge in [0.15, 0.2) is 0 Å². The van der Waals surface area contributed by atoms with E-state index in [1.807, 2.05) is 19.2 Å². The Morgan fingerprint density at radius 3 is 2.60 bits per heavy atom. The van der Waals surface area contributed by atoms with Crippen molar-refractivity contribution in [2.45, 2.75) is 13.0 Å². The van der Waals surface area contributed by atoms with Crippen LogP contribution in [0.1, 0.15) is 22.7 Å². The minimum absolute atomic E-state index is 0.0276. The molecule has 2 aromatic rings. The number of nitrogens with one attached hydrogen (secondary N) is 1. The van der Waals surface area contributed by atoms with E-state index in [2.05, 4.69) is 52.4 Å². The van der Waals surface area contributed by atoms with Crippen molar-refractivity contribution in [2.24, 2.45) is 0 Å². The molecule has 0 amide bonds.